The number of nitrogens with one attached hydrogen (secondary N) is 2. The van der Waals surface area contributed by atoms with Gasteiger partial charge in [0.1, 0.15) is 11.5 Å². The molecule has 4 N–H and O–H groups in total. The third kappa shape index (κ3) is 5.34. The molecule has 0 heterocycles. The van der Waals surface area contributed by atoms with E-state index in [0.717, 1.165) is 5.56 Å². The molecule has 0 saturated carbocycles. The SMILES string of the molecule is CNC(=O)c1cc(Oc2ccc(C(=O)Nc3ccc(C)cc3)c(C(=O)O)c2)ccc1C(=O)O. The van der Waals surface area contributed by atoms with Crippen LogP contribution in [-0.4, -0.2) is 41.0 Å². The molecule has 2 amide bonds. The van der Waals surface area contributed by atoms with E-state index in [4.69, 9.17) is 4.74 Å². The molecular formula is C24H20N2O7. The number of hydrogen-bond acceptors (Lipinski definition) is 5. The minimum Gasteiger partial charge on any atom is -0.478 e. The molecular weight excluding hydrogens is 428 g/mol. The van der Waals surface area contributed by atoms with Gasteiger partial charge in [0.05, 0.1) is 22.3 Å². The number of aromatic carboxylic acids is 2. The number of carbonyl (C=O) groups excluding carboxylic acids is 2. The molecule has 3 aromatic carbocycles. The molecule has 0 spiro atoms. The van der Waals surface area contributed by atoms with E-state index >= 15 is 0 Å². The van der Waals surface area contributed by atoms with Crippen LogP contribution in [0.2, 0.25) is 0 Å². The van der Waals surface area contributed by atoms with Gasteiger partial charge in [-0.3, -0.25) is 9.59 Å². The van der Waals surface area contributed by atoms with E-state index < -0.39 is 23.8 Å². The Kier molecular flexibility index (Phi) is 6.73. The summed E-state index contributed by atoms with van der Waals surface area (Å²) >= 11 is 0. The molecule has 0 saturated heterocycles. The summed E-state index contributed by atoms with van der Waals surface area (Å²) in [6.45, 7) is 1.90. The van der Waals surface area contributed by atoms with Gasteiger partial charge in [-0.25, -0.2) is 9.59 Å². The van der Waals surface area contributed by atoms with Crippen molar-refractivity contribution in [2.24, 2.45) is 0 Å². The minimum atomic E-state index is -1.33. The number of anilines is 1. The average Bonchev–Trinajstić information content (AvgIpc) is 2.79. The zero-order valence-corrected chi connectivity index (χ0v) is 17.7. The van der Waals surface area contributed by atoms with E-state index in [9.17, 15) is 29.4 Å². The van der Waals surface area contributed by atoms with Crippen molar-refractivity contribution in [1.82, 2.24) is 5.32 Å². The Morgan fingerprint density at radius 1 is 0.697 bits per heavy atom. The van der Waals surface area contributed by atoms with Gasteiger partial charge in [0.2, 0.25) is 0 Å². The normalized spacial score (nSPS) is 10.2. The molecule has 0 aromatic heterocycles. The van der Waals surface area contributed by atoms with Gasteiger partial charge in [-0.15, -0.1) is 0 Å². The lowest BCUT2D eigenvalue weighted by molar-refractivity contribution is 0.0682. The molecule has 33 heavy (non-hydrogen) atoms. The highest BCUT2D eigenvalue weighted by Crippen LogP contribution is 2.27. The fourth-order valence-corrected chi connectivity index (χ4v) is 3.03. The smallest absolute Gasteiger partial charge is 0.336 e. The number of ether oxygens (including phenoxy) is 1. The maximum Gasteiger partial charge on any atom is 0.336 e. The van der Waals surface area contributed by atoms with Crippen molar-refractivity contribution in [1.29, 1.82) is 0 Å². The second-order valence-corrected chi connectivity index (χ2v) is 7.03. The van der Waals surface area contributed by atoms with Gasteiger partial charge in [-0.1, -0.05) is 17.7 Å². The Labute approximate surface area is 188 Å². The van der Waals surface area contributed by atoms with Crippen molar-refractivity contribution < 1.29 is 34.1 Å². The van der Waals surface area contributed by atoms with Crippen molar-refractivity contribution in [2.45, 2.75) is 6.92 Å². The van der Waals surface area contributed by atoms with Gasteiger partial charge in [-0.05, 0) is 55.5 Å². The second-order valence-electron chi connectivity index (χ2n) is 7.03. The van der Waals surface area contributed by atoms with Crippen LogP contribution in [0, 0.1) is 6.92 Å². The van der Waals surface area contributed by atoms with Gasteiger partial charge in [0, 0.05) is 12.7 Å². The second kappa shape index (κ2) is 9.65. The third-order valence-corrected chi connectivity index (χ3v) is 4.70. The van der Waals surface area contributed by atoms with Gasteiger partial charge in [-0.2, -0.15) is 0 Å². The van der Waals surface area contributed by atoms with Gasteiger partial charge in [0.25, 0.3) is 11.8 Å². The van der Waals surface area contributed by atoms with Crippen LogP contribution >= 0.6 is 0 Å². The van der Waals surface area contributed by atoms with Crippen LogP contribution < -0.4 is 15.4 Å². The molecule has 3 aromatic rings. The van der Waals surface area contributed by atoms with E-state index in [1.54, 1.807) is 12.1 Å². The highest BCUT2D eigenvalue weighted by Gasteiger charge is 2.20. The number of aryl methyl sites for hydroxylation is 1. The Morgan fingerprint density at radius 2 is 1.24 bits per heavy atom. The van der Waals surface area contributed by atoms with E-state index in [1.807, 2.05) is 19.1 Å². The highest BCUT2D eigenvalue weighted by molar-refractivity contribution is 6.11. The molecule has 0 atom stereocenters. The molecule has 0 fully saturated rings. The summed E-state index contributed by atoms with van der Waals surface area (Å²) < 4.78 is 5.64. The predicted molar refractivity (Wildman–Crippen MR) is 119 cm³/mol. The zero-order chi connectivity index (χ0) is 24.1. The first kappa shape index (κ1) is 23.0. The summed E-state index contributed by atoms with van der Waals surface area (Å²) in [6, 6.07) is 14.7. The number of carbonyl (C=O) groups is 4. The molecule has 0 radical (unpaired) electrons. The predicted octanol–water partition coefficient (Wildman–Crippen LogP) is 3.80. The average molecular weight is 448 g/mol. The number of amides is 2. The van der Waals surface area contributed by atoms with Crippen LogP contribution in [-0.2, 0) is 0 Å². The lowest BCUT2D eigenvalue weighted by Crippen LogP contribution is -2.21. The van der Waals surface area contributed by atoms with E-state index in [-0.39, 0.29) is 33.8 Å². The third-order valence-electron chi connectivity index (χ3n) is 4.70. The quantitative estimate of drug-likeness (QED) is 0.431. The first-order chi connectivity index (χ1) is 15.7. The molecule has 0 aliphatic carbocycles. The Bertz CT molecular complexity index is 1250. The van der Waals surface area contributed by atoms with Crippen molar-refractivity contribution >= 4 is 29.4 Å². The number of rotatable bonds is 7. The van der Waals surface area contributed by atoms with Crippen LogP contribution in [0.1, 0.15) is 47.0 Å². The van der Waals surface area contributed by atoms with Gasteiger partial charge >= 0.3 is 11.9 Å². The topological polar surface area (TPSA) is 142 Å². The monoisotopic (exact) mass is 448 g/mol. The molecule has 0 aliphatic rings. The summed E-state index contributed by atoms with van der Waals surface area (Å²) in [5, 5.41) is 23.9. The maximum atomic E-state index is 12.6. The first-order valence-electron chi connectivity index (χ1n) is 9.72. The summed E-state index contributed by atoms with van der Waals surface area (Å²) in [7, 11) is 1.36. The number of benzene rings is 3. The molecule has 9 heteroatoms. The first-order valence-corrected chi connectivity index (χ1v) is 9.72. The van der Waals surface area contributed by atoms with Crippen LogP contribution in [0.4, 0.5) is 5.69 Å². The molecule has 168 valence electrons. The summed E-state index contributed by atoms with van der Waals surface area (Å²) in [4.78, 5) is 47.8. The van der Waals surface area contributed by atoms with Crippen molar-refractivity contribution in [2.75, 3.05) is 12.4 Å². The maximum absolute atomic E-state index is 12.6. The van der Waals surface area contributed by atoms with Crippen LogP contribution in [0.25, 0.3) is 0 Å². The standard InChI is InChI=1S/C24H20N2O7/c1-13-3-5-14(6-4-13)26-22(28)17-9-7-16(12-20(17)24(31)32)33-15-8-10-18(23(29)30)19(11-15)21(27)25-2/h3-12H,1-2H3,(H,25,27)(H,26,28)(H,29,30)(H,31,32). The zero-order valence-electron chi connectivity index (χ0n) is 17.7. The van der Waals surface area contributed by atoms with E-state index in [1.165, 1.54) is 43.4 Å². The molecule has 3 rings (SSSR count). The molecule has 9 nitrogen and oxygen atoms in total. The van der Waals surface area contributed by atoms with E-state index in [0.29, 0.717) is 5.69 Å². The van der Waals surface area contributed by atoms with Crippen LogP contribution in [0.3, 0.4) is 0 Å². The summed E-state index contributed by atoms with van der Waals surface area (Å²) in [5.74, 6) is -3.63. The molecule has 0 unspecified atom stereocenters. The minimum absolute atomic E-state index is 0.0669. The van der Waals surface area contributed by atoms with Gasteiger partial charge < -0.3 is 25.6 Å². The Hall–Kier alpha value is -4.66. The van der Waals surface area contributed by atoms with Crippen LogP contribution in [0.5, 0.6) is 11.5 Å². The Balaban J connectivity index is 1.90. The molecule has 0 aliphatic heterocycles. The van der Waals surface area contributed by atoms with E-state index in [2.05, 4.69) is 10.6 Å². The summed E-state index contributed by atoms with van der Waals surface area (Å²) in [5.41, 5.74) is 0.846. The fraction of sp³-hybridized carbons (Fsp3) is 0.0833. The summed E-state index contributed by atoms with van der Waals surface area (Å²) in [6.07, 6.45) is 0. The lowest BCUT2D eigenvalue weighted by Gasteiger charge is -2.12. The molecule has 0 bridgehead atoms. The van der Waals surface area contributed by atoms with Crippen molar-refractivity contribution in [3.8, 4) is 11.5 Å². The van der Waals surface area contributed by atoms with Crippen molar-refractivity contribution in [3.05, 3.63) is 88.5 Å². The number of carboxylic acid groups (broad SMARTS) is 2. The number of carboxylic acids is 2. The highest BCUT2D eigenvalue weighted by atomic mass is 16.5. The van der Waals surface area contributed by atoms with Crippen molar-refractivity contribution in [3.63, 3.8) is 0 Å². The number of hydrogen-bond donors (Lipinski definition) is 4. The Morgan fingerprint density at radius 3 is 1.79 bits per heavy atom. The van der Waals surface area contributed by atoms with Gasteiger partial charge in [0.15, 0.2) is 0 Å². The largest absolute Gasteiger partial charge is 0.478 e. The lowest BCUT2D eigenvalue weighted by atomic mass is 10.1. The fourth-order valence-electron chi connectivity index (χ4n) is 3.03. The van der Waals surface area contributed by atoms with Crippen LogP contribution in [0.15, 0.2) is 60.7 Å².